The van der Waals surface area contributed by atoms with E-state index in [0.29, 0.717) is 12.4 Å². The molecule has 0 amide bonds. The fraction of sp³-hybridized carbons (Fsp3) is 0.480. The van der Waals surface area contributed by atoms with Crippen LogP contribution in [0, 0.1) is 6.92 Å². The SMILES string of the molecule is CCCCOC(=O)OCO/C(=C(/C=NC)c1ccc(C(C)(C)C)cc1)c1cc(C)nn1C. The molecular weight excluding hydrogens is 406 g/mol. The van der Waals surface area contributed by atoms with Gasteiger partial charge in [0.2, 0.25) is 6.79 Å². The van der Waals surface area contributed by atoms with E-state index >= 15 is 0 Å². The molecule has 0 atom stereocenters. The zero-order valence-electron chi connectivity index (χ0n) is 20.3. The van der Waals surface area contributed by atoms with E-state index < -0.39 is 6.16 Å². The summed E-state index contributed by atoms with van der Waals surface area (Å²) in [6.45, 7) is 10.5. The minimum atomic E-state index is -0.751. The molecule has 7 nitrogen and oxygen atoms in total. The van der Waals surface area contributed by atoms with Gasteiger partial charge in [0, 0.05) is 25.9 Å². The smallest absolute Gasteiger partial charge is 0.454 e. The van der Waals surface area contributed by atoms with E-state index in [-0.39, 0.29) is 12.2 Å². The van der Waals surface area contributed by atoms with Gasteiger partial charge >= 0.3 is 6.16 Å². The summed E-state index contributed by atoms with van der Waals surface area (Å²) in [5.41, 5.74) is 4.57. The molecular formula is C25H35N3O4. The van der Waals surface area contributed by atoms with E-state index in [1.807, 2.05) is 39.1 Å². The van der Waals surface area contributed by atoms with Crippen LogP contribution in [0.25, 0.3) is 11.3 Å². The van der Waals surface area contributed by atoms with Gasteiger partial charge in [0.05, 0.1) is 12.3 Å². The molecule has 0 N–H and O–H groups in total. The maximum absolute atomic E-state index is 11.8. The summed E-state index contributed by atoms with van der Waals surface area (Å²) in [6.07, 6.45) is 2.71. The van der Waals surface area contributed by atoms with Gasteiger partial charge in [-0.2, -0.15) is 5.10 Å². The van der Waals surface area contributed by atoms with Gasteiger partial charge < -0.3 is 14.2 Å². The number of hydrogen-bond donors (Lipinski definition) is 0. The standard InChI is InChI=1S/C25H35N3O4/c1-8-9-14-30-24(29)32-17-31-23(22-15-18(2)27-28(22)7)21(16-26-6)19-10-12-20(13-11-19)25(3,4)5/h10-13,15-16H,8-9,14,17H2,1-7H3/b23-21-,26-16?. The third-order valence-electron chi connectivity index (χ3n) is 4.90. The van der Waals surface area contributed by atoms with Crippen LogP contribution in [0.4, 0.5) is 4.79 Å². The van der Waals surface area contributed by atoms with Crippen LogP contribution in [0.3, 0.4) is 0 Å². The van der Waals surface area contributed by atoms with Crippen molar-refractivity contribution in [3.63, 3.8) is 0 Å². The molecule has 0 bridgehead atoms. The maximum atomic E-state index is 11.8. The summed E-state index contributed by atoms with van der Waals surface area (Å²) in [5, 5.41) is 4.43. The van der Waals surface area contributed by atoms with Crippen molar-refractivity contribution in [1.82, 2.24) is 9.78 Å². The van der Waals surface area contributed by atoms with Crippen molar-refractivity contribution < 1.29 is 19.0 Å². The molecule has 174 valence electrons. The lowest BCUT2D eigenvalue weighted by Crippen LogP contribution is -2.13. The lowest BCUT2D eigenvalue weighted by Gasteiger charge is -2.20. The summed E-state index contributed by atoms with van der Waals surface area (Å²) in [7, 11) is 3.55. The van der Waals surface area contributed by atoms with Crippen molar-refractivity contribution in [3.05, 3.63) is 52.8 Å². The Balaban J connectivity index is 2.39. The molecule has 0 radical (unpaired) electrons. The molecule has 7 heteroatoms. The summed E-state index contributed by atoms with van der Waals surface area (Å²) in [4.78, 5) is 16.1. The summed E-state index contributed by atoms with van der Waals surface area (Å²) in [6, 6.07) is 10.2. The third kappa shape index (κ3) is 6.97. The molecule has 1 heterocycles. The number of hydrogen-bond acceptors (Lipinski definition) is 6. The maximum Gasteiger partial charge on any atom is 0.511 e. The number of rotatable bonds is 9. The monoisotopic (exact) mass is 441 g/mol. The second-order valence-corrected chi connectivity index (χ2v) is 8.61. The predicted molar refractivity (Wildman–Crippen MR) is 128 cm³/mol. The van der Waals surface area contributed by atoms with Crippen LogP contribution in [-0.4, -0.2) is 42.6 Å². The quantitative estimate of drug-likeness (QED) is 0.168. The number of aryl methyl sites for hydroxylation is 2. The molecule has 2 rings (SSSR count). The highest BCUT2D eigenvalue weighted by Crippen LogP contribution is 2.29. The average molecular weight is 442 g/mol. The van der Waals surface area contributed by atoms with Gasteiger partial charge in [0.15, 0.2) is 5.76 Å². The number of benzene rings is 1. The van der Waals surface area contributed by atoms with Crippen LogP contribution >= 0.6 is 0 Å². The van der Waals surface area contributed by atoms with Gasteiger partial charge in [-0.05, 0) is 36.0 Å². The minimum Gasteiger partial charge on any atom is -0.454 e. The van der Waals surface area contributed by atoms with Crippen LogP contribution in [0.5, 0.6) is 0 Å². The van der Waals surface area contributed by atoms with Crippen molar-refractivity contribution in [2.75, 3.05) is 20.4 Å². The second kappa shape index (κ2) is 11.5. The Morgan fingerprint density at radius 1 is 1.16 bits per heavy atom. The molecule has 0 saturated carbocycles. The lowest BCUT2D eigenvalue weighted by atomic mass is 9.86. The van der Waals surface area contributed by atoms with Crippen molar-refractivity contribution in [2.24, 2.45) is 12.0 Å². The van der Waals surface area contributed by atoms with Crippen molar-refractivity contribution in [3.8, 4) is 0 Å². The fourth-order valence-electron chi connectivity index (χ4n) is 3.13. The summed E-state index contributed by atoms with van der Waals surface area (Å²) >= 11 is 0. The Morgan fingerprint density at radius 2 is 1.84 bits per heavy atom. The number of ether oxygens (including phenoxy) is 3. The summed E-state index contributed by atoms with van der Waals surface area (Å²) < 4.78 is 17.9. The Hall–Kier alpha value is -3.09. The molecule has 0 aliphatic carbocycles. The first-order valence-electron chi connectivity index (χ1n) is 10.9. The third-order valence-corrected chi connectivity index (χ3v) is 4.90. The first-order valence-corrected chi connectivity index (χ1v) is 10.9. The highest BCUT2D eigenvalue weighted by atomic mass is 16.8. The largest absolute Gasteiger partial charge is 0.511 e. The number of carbonyl (C=O) groups is 1. The first-order chi connectivity index (χ1) is 15.2. The zero-order valence-corrected chi connectivity index (χ0v) is 20.3. The molecule has 1 aromatic heterocycles. The van der Waals surface area contributed by atoms with Crippen LogP contribution in [0.2, 0.25) is 0 Å². The van der Waals surface area contributed by atoms with Crippen molar-refractivity contribution in [2.45, 2.75) is 52.9 Å². The molecule has 0 aliphatic heterocycles. The molecule has 0 saturated heterocycles. The van der Waals surface area contributed by atoms with Gasteiger partial charge in [-0.15, -0.1) is 0 Å². The Kier molecular flexibility index (Phi) is 9.05. The van der Waals surface area contributed by atoms with Crippen LogP contribution in [-0.2, 0) is 26.7 Å². The van der Waals surface area contributed by atoms with Crippen molar-refractivity contribution in [1.29, 1.82) is 0 Å². The van der Waals surface area contributed by atoms with Gasteiger partial charge in [-0.3, -0.25) is 9.67 Å². The fourth-order valence-corrected chi connectivity index (χ4v) is 3.13. The van der Waals surface area contributed by atoms with E-state index in [1.165, 1.54) is 5.56 Å². The molecule has 32 heavy (non-hydrogen) atoms. The Morgan fingerprint density at radius 3 is 2.38 bits per heavy atom. The van der Waals surface area contributed by atoms with E-state index in [1.54, 1.807) is 17.9 Å². The Bertz CT molecular complexity index is 951. The number of aliphatic imine (C=N–C) groups is 1. The van der Waals surface area contributed by atoms with Gasteiger partial charge in [-0.1, -0.05) is 58.4 Å². The number of nitrogens with zero attached hydrogens (tertiary/aromatic N) is 3. The predicted octanol–water partition coefficient (Wildman–Crippen LogP) is 5.52. The second-order valence-electron chi connectivity index (χ2n) is 8.61. The normalized spacial score (nSPS) is 12.6. The Labute approximate surface area is 191 Å². The van der Waals surface area contributed by atoms with Gasteiger partial charge in [-0.25, -0.2) is 4.79 Å². The van der Waals surface area contributed by atoms with Crippen LogP contribution < -0.4 is 0 Å². The highest BCUT2D eigenvalue weighted by Gasteiger charge is 2.19. The lowest BCUT2D eigenvalue weighted by molar-refractivity contribution is -0.00597. The number of carbonyl (C=O) groups excluding carboxylic acids is 1. The molecule has 0 aliphatic rings. The van der Waals surface area contributed by atoms with Crippen LogP contribution in [0.15, 0.2) is 35.3 Å². The molecule has 2 aromatic rings. The highest BCUT2D eigenvalue weighted by molar-refractivity contribution is 6.18. The van der Waals surface area contributed by atoms with E-state index in [9.17, 15) is 4.79 Å². The number of unbranched alkanes of at least 4 members (excludes halogenated alkanes) is 1. The molecule has 0 spiro atoms. The van der Waals surface area contributed by atoms with Gasteiger partial charge in [0.1, 0.15) is 5.69 Å². The van der Waals surface area contributed by atoms with E-state index in [0.717, 1.165) is 35.4 Å². The number of allylic oxidation sites excluding steroid dienone is 1. The topological polar surface area (TPSA) is 74.9 Å². The zero-order chi connectivity index (χ0) is 23.7. The van der Waals surface area contributed by atoms with E-state index in [4.69, 9.17) is 14.2 Å². The van der Waals surface area contributed by atoms with Crippen molar-refractivity contribution >= 4 is 23.7 Å². The minimum absolute atomic E-state index is 0.0473. The van der Waals surface area contributed by atoms with E-state index in [2.05, 4.69) is 43.0 Å². The van der Waals surface area contributed by atoms with Crippen LogP contribution in [0.1, 0.15) is 63.1 Å². The molecule has 1 aromatic carbocycles. The van der Waals surface area contributed by atoms with Gasteiger partial charge in [0.25, 0.3) is 0 Å². The summed E-state index contributed by atoms with van der Waals surface area (Å²) in [5.74, 6) is 0.517. The average Bonchev–Trinajstić information content (AvgIpc) is 3.07. The number of aromatic nitrogens is 2. The molecule has 0 fully saturated rings. The first kappa shape index (κ1) is 25.2. The molecule has 0 unspecified atom stereocenters.